The number of hydrogen-bond donors (Lipinski definition) is 2. The normalized spacial score (nSPS) is 22.4. The fourth-order valence-electron chi connectivity index (χ4n) is 4.39. The lowest BCUT2D eigenvalue weighted by molar-refractivity contribution is 0.0678. The van der Waals surface area contributed by atoms with Gasteiger partial charge in [-0.25, -0.2) is 8.42 Å². The van der Waals surface area contributed by atoms with Gasteiger partial charge in [-0.1, -0.05) is 35.9 Å². The molecule has 2 unspecified atom stereocenters. The van der Waals surface area contributed by atoms with E-state index in [9.17, 15) is 18.3 Å². The molecule has 2 atom stereocenters. The SMILES string of the molecule is O=C1c2[nH]nc(-c3ccccc3O)c2C(c2ccc(Cl)cc2)N1C1CCS(=O)(=O)C1. The summed E-state index contributed by atoms with van der Waals surface area (Å²) in [5.41, 5.74) is 2.72. The third kappa shape index (κ3) is 2.98. The van der Waals surface area contributed by atoms with Crippen LogP contribution >= 0.6 is 11.6 Å². The fourth-order valence-corrected chi connectivity index (χ4v) is 6.23. The number of rotatable bonds is 3. The second-order valence-corrected chi connectivity index (χ2v) is 10.3. The van der Waals surface area contributed by atoms with Gasteiger partial charge >= 0.3 is 0 Å². The molecule has 2 aliphatic heterocycles. The summed E-state index contributed by atoms with van der Waals surface area (Å²) < 4.78 is 24.3. The number of benzene rings is 2. The quantitative estimate of drug-likeness (QED) is 0.647. The van der Waals surface area contributed by atoms with Crippen LogP contribution in [0.1, 0.15) is 34.1 Å². The number of sulfone groups is 1. The molecule has 1 amide bonds. The fraction of sp³-hybridized carbons (Fsp3) is 0.238. The zero-order valence-corrected chi connectivity index (χ0v) is 17.3. The predicted octanol–water partition coefficient (Wildman–Crippen LogP) is 3.17. The van der Waals surface area contributed by atoms with Crippen molar-refractivity contribution in [3.05, 3.63) is 70.4 Å². The highest BCUT2D eigenvalue weighted by atomic mass is 35.5. The monoisotopic (exact) mass is 443 g/mol. The summed E-state index contributed by atoms with van der Waals surface area (Å²) >= 11 is 6.06. The topological polar surface area (TPSA) is 103 Å². The molecule has 1 fully saturated rings. The van der Waals surface area contributed by atoms with Crippen LogP contribution in [0.25, 0.3) is 11.3 Å². The lowest BCUT2D eigenvalue weighted by Gasteiger charge is -2.31. The number of hydrogen-bond acceptors (Lipinski definition) is 5. The molecular formula is C21H18ClN3O4S. The van der Waals surface area contributed by atoms with Gasteiger partial charge in [0.05, 0.1) is 17.5 Å². The molecular weight excluding hydrogens is 426 g/mol. The molecule has 3 aromatic rings. The van der Waals surface area contributed by atoms with Crippen molar-refractivity contribution >= 4 is 27.3 Å². The van der Waals surface area contributed by atoms with E-state index in [1.165, 1.54) is 0 Å². The molecule has 154 valence electrons. The maximum atomic E-state index is 13.3. The Hall–Kier alpha value is -2.84. The Labute approximate surface area is 178 Å². The van der Waals surface area contributed by atoms with Gasteiger partial charge in [0, 0.05) is 22.2 Å². The highest BCUT2D eigenvalue weighted by molar-refractivity contribution is 7.91. The molecule has 1 saturated heterocycles. The number of halogens is 1. The molecule has 2 N–H and O–H groups in total. The van der Waals surface area contributed by atoms with Gasteiger partial charge in [-0.2, -0.15) is 5.10 Å². The number of fused-ring (bicyclic) bond motifs is 1. The largest absolute Gasteiger partial charge is 0.507 e. The van der Waals surface area contributed by atoms with Crippen LogP contribution in [0.15, 0.2) is 48.5 Å². The summed E-state index contributed by atoms with van der Waals surface area (Å²) in [6, 6.07) is 13.0. The summed E-state index contributed by atoms with van der Waals surface area (Å²) in [6.07, 6.45) is 0.391. The van der Waals surface area contributed by atoms with E-state index in [1.807, 2.05) is 12.1 Å². The summed E-state index contributed by atoms with van der Waals surface area (Å²) in [5.74, 6) is -0.239. The smallest absolute Gasteiger partial charge is 0.273 e. The summed E-state index contributed by atoms with van der Waals surface area (Å²) in [4.78, 5) is 15.0. The van der Waals surface area contributed by atoms with Gasteiger partial charge in [0.25, 0.3) is 5.91 Å². The van der Waals surface area contributed by atoms with Gasteiger partial charge in [0.15, 0.2) is 9.84 Å². The molecule has 1 aromatic heterocycles. The van der Waals surface area contributed by atoms with E-state index < -0.39 is 21.9 Å². The van der Waals surface area contributed by atoms with E-state index >= 15 is 0 Å². The second kappa shape index (κ2) is 6.85. The molecule has 2 aliphatic rings. The van der Waals surface area contributed by atoms with E-state index in [1.54, 1.807) is 41.3 Å². The molecule has 3 heterocycles. The highest BCUT2D eigenvalue weighted by Crippen LogP contribution is 2.46. The number of nitrogens with zero attached hydrogens (tertiary/aromatic N) is 2. The Morgan fingerprint density at radius 3 is 2.53 bits per heavy atom. The molecule has 0 bridgehead atoms. The Morgan fingerprint density at radius 2 is 1.87 bits per heavy atom. The Morgan fingerprint density at radius 1 is 1.13 bits per heavy atom. The van der Waals surface area contributed by atoms with Crippen molar-refractivity contribution in [2.45, 2.75) is 18.5 Å². The third-order valence-corrected chi connectivity index (χ3v) is 7.75. The van der Waals surface area contributed by atoms with Crippen molar-refractivity contribution in [2.75, 3.05) is 11.5 Å². The molecule has 7 nitrogen and oxygen atoms in total. The average molecular weight is 444 g/mol. The second-order valence-electron chi connectivity index (χ2n) is 7.60. The van der Waals surface area contributed by atoms with Crippen LogP contribution in [0.2, 0.25) is 5.02 Å². The number of phenols is 1. The van der Waals surface area contributed by atoms with Crippen LogP contribution in [0.3, 0.4) is 0 Å². The molecule has 5 rings (SSSR count). The number of aromatic amines is 1. The molecule has 30 heavy (non-hydrogen) atoms. The maximum Gasteiger partial charge on any atom is 0.273 e. The summed E-state index contributed by atoms with van der Waals surface area (Å²) in [5, 5.41) is 18.1. The van der Waals surface area contributed by atoms with Gasteiger partial charge in [-0.15, -0.1) is 0 Å². The van der Waals surface area contributed by atoms with Crippen LogP contribution in [-0.2, 0) is 9.84 Å². The number of nitrogens with one attached hydrogen (secondary N) is 1. The number of carbonyl (C=O) groups is 1. The van der Waals surface area contributed by atoms with Crippen molar-refractivity contribution in [2.24, 2.45) is 0 Å². The number of H-pyrrole nitrogens is 1. The zero-order valence-electron chi connectivity index (χ0n) is 15.7. The first-order valence-corrected chi connectivity index (χ1v) is 11.7. The number of aromatic nitrogens is 2. The number of phenolic OH excluding ortho intramolecular Hbond substituents is 1. The van der Waals surface area contributed by atoms with Crippen molar-refractivity contribution in [3.63, 3.8) is 0 Å². The van der Waals surface area contributed by atoms with Crippen LogP contribution in [-0.4, -0.2) is 52.1 Å². The van der Waals surface area contributed by atoms with Gasteiger partial charge in [0.1, 0.15) is 17.1 Å². The van der Waals surface area contributed by atoms with Crippen LogP contribution in [0, 0.1) is 0 Å². The number of para-hydroxylation sites is 1. The molecule has 0 saturated carbocycles. The maximum absolute atomic E-state index is 13.3. The predicted molar refractivity (Wildman–Crippen MR) is 112 cm³/mol. The zero-order chi connectivity index (χ0) is 21.0. The average Bonchev–Trinajstić information content (AvgIpc) is 3.37. The van der Waals surface area contributed by atoms with E-state index in [0.717, 1.165) is 5.56 Å². The minimum Gasteiger partial charge on any atom is -0.507 e. The highest BCUT2D eigenvalue weighted by Gasteiger charge is 2.48. The first kappa shape index (κ1) is 19.1. The van der Waals surface area contributed by atoms with E-state index in [2.05, 4.69) is 10.2 Å². The minimum atomic E-state index is -3.19. The van der Waals surface area contributed by atoms with E-state index in [0.29, 0.717) is 34.0 Å². The van der Waals surface area contributed by atoms with Crippen molar-refractivity contribution < 1.29 is 18.3 Å². The summed E-state index contributed by atoms with van der Waals surface area (Å²) in [6.45, 7) is 0. The first-order valence-electron chi connectivity index (χ1n) is 9.51. The van der Waals surface area contributed by atoms with Gasteiger partial charge in [0.2, 0.25) is 0 Å². The Balaban J connectivity index is 1.69. The molecule has 2 aromatic carbocycles. The number of aromatic hydroxyl groups is 1. The van der Waals surface area contributed by atoms with Gasteiger partial charge in [-0.05, 0) is 36.2 Å². The van der Waals surface area contributed by atoms with Crippen LogP contribution < -0.4 is 0 Å². The lowest BCUT2D eigenvalue weighted by Crippen LogP contribution is -2.40. The lowest BCUT2D eigenvalue weighted by atomic mass is 9.95. The standard InChI is InChI=1S/C21H18ClN3O4S/c22-13-7-5-12(6-8-13)20-17-18(15-3-1-2-4-16(15)26)23-24-19(17)21(27)25(20)14-9-10-30(28,29)11-14/h1-8,14,20,26H,9-11H2,(H,23,24). The number of carbonyl (C=O) groups excluding carboxylic acids is 1. The summed E-state index contributed by atoms with van der Waals surface area (Å²) in [7, 11) is -3.19. The minimum absolute atomic E-state index is 0.0519. The van der Waals surface area contributed by atoms with Crippen LogP contribution in [0.4, 0.5) is 0 Å². The Kier molecular flexibility index (Phi) is 4.37. The first-order chi connectivity index (χ1) is 14.4. The Bertz CT molecular complexity index is 1250. The van der Waals surface area contributed by atoms with Crippen molar-refractivity contribution in [1.82, 2.24) is 15.1 Å². The molecule has 0 spiro atoms. The molecule has 0 aliphatic carbocycles. The van der Waals surface area contributed by atoms with Gasteiger partial charge in [-0.3, -0.25) is 9.89 Å². The van der Waals surface area contributed by atoms with Crippen molar-refractivity contribution in [1.29, 1.82) is 0 Å². The molecule has 0 radical (unpaired) electrons. The van der Waals surface area contributed by atoms with Gasteiger partial charge < -0.3 is 10.0 Å². The van der Waals surface area contributed by atoms with E-state index in [4.69, 9.17) is 11.6 Å². The van der Waals surface area contributed by atoms with Crippen molar-refractivity contribution in [3.8, 4) is 17.0 Å². The number of amides is 1. The molecule has 9 heteroatoms. The van der Waals surface area contributed by atoms with E-state index in [-0.39, 0.29) is 23.2 Å². The third-order valence-electron chi connectivity index (χ3n) is 5.75. The van der Waals surface area contributed by atoms with Crippen LogP contribution in [0.5, 0.6) is 5.75 Å².